The van der Waals surface area contributed by atoms with Crippen molar-refractivity contribution in [3.8, 4) is 0 Å². The number of halogens is 3. The fourth-order valence-electron chi connectivity index (χ4n) is 2.42. The van der Waals surface area contributed by atoms with Crippen LogP contribution < -0.4 is 11.1 Å². The lowest BCUT2D eigenvalue weighted by molar-refractivity contribution is -0.137. The number of nitrogens with two attached hydrogens (primary N) is 1. The summed E-state index contributed by atoms with van der Waals surface area (Å²) in [7, 11) is 0. The first-order valence-corrected chi connectivity index (χ1v) is 7.81. The highest BCUT2D eigenvalue weighted by molar-refractivity contribution is 7.17. The molecule has 3 N–H and O–H groups in total. The molecule has 1 saturated carbocycles. The Balaban J connectivity index is 1.62. The summed E-state index contributed by atoms with van der Waals surface area (Å²) in [6, 6.07) is 4.83. The predicted molar refractivity (Wildman–Crippen MR) is 81.6 cm³/mol. The Morgan fingerprint density at radius 1 is 1.25 bits per heavy atom. The summed E-state index contributed by atoms with van der Waals surface area (Å²) in [6.07, 6.45) is -2.53. The molecular weight excluding hydrogens is 343 g/mol. The molecule has 2 unspecified atom stereocenters. The van der Waals surface area contributed by atoms with Crippen molar-refractivity contribution in [2.75, 3.05) is 5.32 Å². The standard InChI is InChI=1S/C15H12F3N3O2S/c16-15(17,18)8-3-1-7(2-4-8)9-5-10(9)13(23)21-14-20-6-11(24-14)12(19)22/h1-4,6,9-10H,5H2,(H2,19,22)(H,20,21,23). The quantitative estimate of drug-likeness (QED) is 0.884. The van der Waals surface area contributed by atoms with E-state index in [0.29, 0.717) is 12.0 Å². The van der Waals surface area contributed by atoms with Gasteiger partial charge in [0.25, 0.3) is 5.91 Å². The lowest BCUT2D eigenvalue weighted by atomic mass is 10.1. The van der Waals surface area contributed by atoms with Gasteiger partial charge in [-0.1, -0.05) is 23.5 Å². The smallest absolute Gasteiger partial charge is 0.365 e. The second kappa shape index (κ2) is 5.90. The average Bonchev–Trinajstić information content (AvgIpc) is 3.18. The monoisotopic (exact) mass is 355 g/mol. The molecule has 126 valence electrons. The molecule has 2 amide bonds. The van der Waals surface area contributed by atoms with E-state index in [1.807, 2.05) is 0 Å². The second-order valence-electron chi connectivity index (χ2n) is 5.45. The van der Waals surface area contributed by atoms with E-state index in [9.17, 15) is 22.8 Å². The number of rotatable bonds is 4. The number of benzene rings is 1. The van der Waals surface area contributed by atoms with Crippen molar-refractivity contribution in [3.63, 3.8) is 0 Å². The summed E-state index contributed by atoms with van der Waals surface area (Å²) in [4.78, 5) is 27.2. The molecule has 1 aromatic carbocycles. The molecule has 2 atom stereocenters. The lowest BCUT2D eigenvalue weighted by Crippen LogP contribution is -2.14. The molecule has 0 saturated heterocycles. The zero-order valence-electron chi connectivity index (χ0n) is 12.1. The molecule has 0 spiro atoms. The van der Waals surface area contributed by atoms with Crippen LogP contribution in [-0.2, 0) is 11.0 Å². The molecule has 3 rings (SSSR count). The maximum atomic E-state index is 12.5. The Hall–Kier alpha value is -2.42. The van der Waals surface area contributed by atoms with Gasteiger partial charge in [0.1, 0.15) is 4.88 Å². The van der Waals surface area contributed by atoms with E-state index < -0.39 is 17.6 Å². The number of anilines is 1. The molecule has 0 bridgehead atoms. The van der Waals surface area contributed by atoms with Crippen molar-refractivity contribution in [2.45, 2.75) is 18.5 Å². The minimum absolute atomic E-state index is 0.108. The van der Waals surface area contributed by atoms with Gasteiger partial charge in [-0.15, -0.1) is 0 Å². The molecule has 1 aromatic heterocycles. The van der Waals surface area contributed by atoms with E-state index in [1.54, 1.807) is 0 Å². The van der Waals surface area contributed by atoms with Crippen molar-refractivity contribution in [3.05, 3.63) is 46.5 Å². The van der Waals surface area contributed by atoms with Crippen LogP contribution in [0.3, 0.4) is 0 Å². The number of carbonyl (C=O) groups excluding carboxylic acids is 2. The third-order valence-electron chi connectivity index (χ3n) is 3.77. The summed E-state index contributed by atoms with van der Waals surface area (Å²) in [5, 5.41) is 2.87. The van der Waals surface area contributed by atoms with Gasteiger partial charge in [0, 0.05) is 5.92 Å². The van der Waals surface area contributed by atoms with E-state index in [0.717, 1.165) is 23.5 Å². The van der Waals surface area contributed by atoms with Gasteiger partial charge in [-0.05, 0) is 30.0 Å². The molecule has 1 fully saturated rings. The number of nitrogens with zero attached hydrogens (tertiary/aromatic N) is 1. The van der Waals surface area contributed by atoms with Crippen LogP contribution in [0.25, 0.3) is 0 Å². The van der Waals surface area contributed by atoms with Crippen molar-refractivity contribution in [1.82, 2.24) is 4.98 Å². The normalized spacial score (nSPS) is 19.8. The highest BCUT2D eigenvalue weighted by Gasteiger charge is 2.44. The Morgan fingerprint density at radius 2 is 1.92 bits per heavy atom. The van der Waals surface area contributed by atoms with E-state index >= 15 is 0 Å². The van der Waals surface area contributed by atoms with Crippen LogP contribution in [0.2, 0.25) is 0 Å². The van der Waals surface area contributed by atoms with Gasteiger partial charge in [-0.2, -0.15) is 13.2 Å². The summed E-state index contributed by atoms with van der Waals surface area (Å²) in [5.74, 6) is -1.32. The SMILES string of the molecule is NC(=O)c1cnc(NC(=O)C2CC2c2ccc(C(F)(F)F)cc2)s1. The molecule has 0 radical (unpaired) electrons. The number of aromatic nitrogens is 1. The molecular formula is C15H12F3N3O2S. The van der Waals surface area contributed by atoms with Crippen LogP contribution in [0.5, 0.6) is 0 Å². The number of carbonyl (C=O) groups is 2. The second-order valence-corrected chi connectivity index (χ2v) is 6.48. The first-order chi connectivity index (χ1) is 11.3. The number of hydrogen-bond donors (Lipinski definition) is 2. The largest absolute Gasteiger partial charge is 0.416 e. The van der Waals surface area contributed by atoms with E-state index in [1.165, 1.54) is 18.3 Å². The van der Waals surface area contributed by atoms with Gasteiger partial charge in [-0.25, -0.2) is 4.98 Å². The van der Waals surface area contributed by atoms with Crippen molar-refractivity contribution in [1.29, 1.82) is 0 Å². The van der Waals surface area contributed by atoms with E-state index in [4.69, 9.17) is 5.73 Å². The van der Waals surface area contributed by atoms with Gasteiger partial charge in [0.15, 0.2) is 5.13 Å². The van der Waals surface area contributed by atoms with E-state index in [-0.39, 0.29) is 27.8 Å². The van der Waals surface area contributed by atoms with Crippen LogP contribution in [0.4, 0.5) is 18.3 Å². The van der Waals surface area contributed by atoms with Crippen LogP contribution in [0, 0.1) is 5.92 Å². The highest BCUT2D eigenvalue weighted by atomic mass is 32.1. The zero-order chi connectivity index (χ0) is 17.5. The Bertz CT molecular complexity index is 786. The van der Waals surface area contributed by atoms with Gasteiger partial charge < -0.3 is 11.1 Å². The maximum absolute atomic E-state index is 12.5. The first kappa shape index (κ1) is 16.4. The molecule has 5 nitrogen and oxygen atoms in total. The van der Waals surface area contributed by atoms with Gasteiger partial charge in [0.2, 0.25) is 5.91 Å². The van der Waals surface area contributed by atoms with Crippen molar-refractivity contribution < 1.29 is 22.8 Å². The third kappa shape index (κ3) is 3.40. The summed E-state index contributed by atoms with van der Waals surface area (Å²) >= 11 is 0.974. The van der Waals surface area contributed by atoms with Gasteiger partial charge in [0.05, 0.1) is 11.8 Å². The summed E-state index contributed by atoms with van der Waals surface area (Å²) in [6.45, 7) is 0. The van der Waals surface area contributed by atoms with Gasteiger partial charge in [-0.3, -0.25) is 9.59 Å². The number of primary amides is 1. The number of amides is 2. The van der Waals surface area contributed by atoms with Gasteiger partial charge >= 0.3 is 6.18 Å². The minimum atomic E-state index is -4.37. The molecule has 2 aromatic rings. The fraction of sp³-hybridized carbons (Fsp3) is 0.267. The zero-order valence-corrected chi connectivity index (χ0v) is 12.9. The first-order valence-electron chi connectivity index (χ1n) is 6.99. The van der Waals surface area contributed by atoms with Crippen LogP contribution in [-0.4, -0.2) is 16.8 Å². The number of thiazole rings is 1. The number of hydrogen-bond acceptors (Lipinski definition) is 4. The summed E-state index contributed by atoms with van der Waals surface area (Å²) < 4.78 is 37.6. The van der Waals surface area contributed by atoms with Crippen LogP contribution in [0.15, 0.2) is 30.5 Å². The molecule has 1 heterocycles. The highest BCUT2D eigenvalue weighted by Crippen LogP contribution is 2.48. The van der Waals surface area contributed by atoms with Crippen molar-refractivity contribution >= 4 is 28.3 Å². The van der Waals surface area contributed by atoms with E-state index in [2.05, 4.69) is 10.3 Å². The molecule has 1 aliphatic rings. The Kier molecular flexibility index (Phi) is 4.04. The summed E-state index contributed by atoms with van der Waals surface area (Å²) in [5.41, 5.74) is 5.09. The number of alkyl halides is 3. The Morgan fingerprint density at radius 3 is 2.46 bits per heavy atom. The molecule has 9 heteroatoms. The minimum Gasteiger partial charge on any atom is -0.365 e. The molecule has 24 heavy (non-hydrogen) atoms. The van der Waals surface area contributed by atoms with Crippen LogP contribution >= 0.6 is 11.3 Å². The topological polar surface area (TPSA) is 85.1 Å². The van der Waals surface area contributed by atoms with Crippen LogP contribution in [0.1, 0.15) is 33.1 Å². The maximum Gasteiger partial charge on any atom is 0.416 e. The third-order valence-corrected chi connectivity index (χ3v) is 4.70. The fourth-order valence-corrected chi connectivity index (χ4v) is 3.09. The average molecular weight is 355 g/mol. The van der Waals surface area contributed by atoms with Crippen molar-refractivity contribution in [2.24, 2.45) is 11.7 Å². The predicted octanol–water partition coefficient (Wildman–Crippen LogP) is 3.00. The Labute approximate surface area is 138 Å². The molecule has 1 aliphatic carbocycles. The number of nitrogens with one attached hydrogen (secondary N) is 1. The lowest BCUT2D eigenvalue weighted by Gasteiger charge is -2.07. The molecule has 0 aliphatic heterocycles.